The van der Waals surface area contributed by atoms with E-state index in [9.17, 15) is 40.5 Å². The zero-order valence-electron chi connectivity index (χ0n) is 19.4. The largest absolute Gasteiger partial charge is 0.506 e. The summed E-state index contributed by atoms with van der Waals surface area (Å²) >= 11 is 6.04. The van der Waals surface area contributed by atoms with Gasteiger partial charge >= 0.3 is 5.97 Å². The van der Waals surface area contributed by atoms with E-state index < -0.39 is 57.6 Å². The first-order chi connectivity index (χ1) is 17.4. The van der Waals surface area contributed by atoms with Crippen LogP contribution in [0.2, 0.25) is 5.02 Å². The molecule has 0 radical (unpaired) electrons. The molecule has 0 spiro atoms. The van der Waals surface area contributed by atoms with E-state index in [4.69, 9.17) is 16.3 Å². The van der Waals surface area contributed by atoms with Crippen LogP contribution >= 0.6 is 11.6 Å². The zero-order chi connectivity index (χ0) is 27.1. The highest BCUT2D eigenvalue weighted by Gasteiger charge is 2.57. The number of methoxy groups -OCH3 is 1. The quantitative estimate of drug-likeness (QED) is 0.153. The Bertz CT molecular complexity index is 1360. The average molecular weight is 533 g/mol. The summed E-state index contributed by atoms with van der Waals surface area (Å²) in [5.41, 5.74) is -3.36. The Morgan fingerprint density at radius 1 is 1.05 bits per heavy atom. The van der Waals surface area contributed by atoms with E-state index in [1.807, 2.05) is 0 Å². The number of carboxylic acid groups (broad SMARTS) is 1. The summed E-state index contributed by atoms with van der Waals surface area (Å²) in [4.78, 5) is 11.4. The normalized spacial score (nSPS) is 21.7. The maximum Gasteiger partial charge on any atom is 0.343 e. The summed E-state index contributed by atoms with van der Waals surface area (Å²) in [5, 5.41) is 77.8. The number of hydrogen-bond donors (Lipinski definition) is 9. The summed E-state index contributed by atoms with van der Waals surface area (Å²) in [7, 11) is 1.42. The first-order valence-electron chi connectivity index (χ1n) is 11.0. The third-order valence-corrected chi connectivity index (χ3v) is 6.41. The molecule has 0 saturated carbocycles. The van der Waals surface area contributed by atoms with Crippen molar-refractivity contribution in [3.05, 3.63) is 64.7 Å². The fraction of sp³-hybridized carbons (Fsp3) is 0.240. The predicted molar refractivity (Wildman–Crippen MR) is 133 cm³/mol. The maximum absolute atomic E-state index is 11.4. The molecule has 1 aliphatic heterocycles. The van der Waals surface area contributed by atoms with Gasteiger partial charge in [-0.3, -0.25) is 5.32 Å². The molecule has 0 amide bonds. The monoisotopic (exact) mass is 532 g/mol. The van der Waals surface area contributed by atoms with E-state index in [0.29, 0.717) is 16.3 Å². The van der Waals surface area contributed by atoms with Crippen LogP contribution in [0.15, 0.2) is 48.5 Å². The van der Waals surface area contributed by atoms with E-state index in [-0.39, 0.29) is 18.5 Å². The fourth-order valence-corrected chi connectivity index (χ4v) is 4.78. The Balaban J connectivity index is 1.52. The molecule has 4 rings (SSSR count). The highest BCUT2D eigenvalue weighted by atomic mass is 35.5. The van der Waals surface area contributed by atoms with Gasteiger partial charge in [-0.15, -0.1) is 0 Å². The topological polar surface area (TPSA) is 192 Å². The van der Waals surface area contributed by atoms with Crippen LogP contribution in [0.4, 0.5) is 5.69 Å². The van der Waals surface area contributed by atoms with Crippen molar-refractivity contribution in [2.24, 2.45) is 0 Å². The average Bonchev–Trinajstić information content (AvgIpc) is 2.81. The lowest BCUT2D eigenvalue weighted by Gasteiger charge is -2.54. The number of hydrogen-bond acceptors (Lipinski definition) is 10. The predicted octanol–water partition coefficient (Wildman–Crippen LogP) is 2.70. The van der Waals surface area contributed by atoms with Crippen LogP contribution in [0.3, 0.4) is 0 Å². The minimum Gasteiger partial charge on any atom is -0.506 e. The molecule has 3 atom stereocenters. The Morgan fingerprint density at radius 2 is 1.73 bits per heavy atom. The van der Waals surface area contributed by atoms with Crippen molar-refractivity contribution in [1.29, 1.82) is 0 Å². The lowest BCUT2D eigenvalue weighted by Crippen LogP contribution is -2.76. The molecule has 196 valence electrons. The van der Waals surface area contributed by atoms with E-state index in [1.54, 1.807) is 30.3 Å². The van der Waals surface area contributed by atoms with Crippen molar-refractivity contribution in [1.82, 2.24) is 5.32 Å². The second-order valence-corrected chi connectivity index (χ2v) is 9.25. The number of aromatic carboxylic acids is 1. The van der Waals surface area contributed by atoms with Gasteiger partial charge in [0.05, 0.1) is 12.1 Å². The van der Waals surface area contributed by atoms with Gasteiger partial charge in [-0.25, -0.2) is 4.79 Å². The lowest BCUT2D eigenvalue weighted by atomic mass is 9.82. The molecule has 1 heterocycles. The smallest absolute Gasteiger partial charge is 0.343 e. The molecule has 0 aromatic heterocycles. The van der Waals surface area contributed by atoms with Crippen LogP contribution in [0.1, 0.15) is 28.4 Å². The minimum atomic E-state index is -1.71. The first kappa shape index (κ1) is 26.3. The van der Waals surface area contributed by atoms with E-state index in [2.05, 4.69) is 10.6 Å². The number of aliphatic hydroxyl groups is 2. The molecular formula is C25H25ClN2O9. The van der Waals surface area contributed by atoms with Crippen LogP contribution in [-0.2, 0) is 4.74 Å². The third kappa shape index (κ3) is 4.82. The number of phenols is 4. The van der Waals surface area contributed by atoms with Gasteiger partial charge in [-0.1, -0.05) is 35.9 Å². The summed E-state index contributed by atoms with van der Waals surface area (Å²) in [5.74, 6) is -5.82. The molecule has 3 aromatic carbocycles. The zero-order valence-corrected chi connectivity index (χ0v) is 20.2. The number of aromatic hydroxyl groups is 4. The molecule has 0 aliphatic carbocycles. The van der Waals surface area contributed by atoms with Crippen molar-refractivity contribution >= 4 is 23.3 Å². The second-order valence-electron chi connectivity index (χ2n) is 8.81. The number of nitrogens with one attached hydrogen (secondary N) is 2. The van der Waals surface area contributed by atoms with Crippen LogP contribution < -0.4 is 10.6 Å². The fourth-order valence-electron chi connectivity index (χ4n) is 4.58. The standard InChI is InChI=1S/C25H25ClN2O9/c1-37-22(13-5-2-6-14(26)8-13)25(36)10-24(35,28-25)11-27-15-7-3-4-12(9-15)16-18(29)17(23(33)34)20(31)21(32)19(16)30/h2-9,22,27-32,35-36H,10-11H2,1H3,(H,33,34). The van der Waals surface area contributed by atoms with Gasteiger partial charge in [0.15, 0.2) is 17.2 Å². The van der Waals surface area contributed by atoms with Gasteiger partial charge in [-0.2, -0.15) is 0 Å². The van der Waals surface area contributed by atoms with Crippen LogP contribution in [0.25, 0.3) is 11.1 Å². The number of carboxylic acids is 1. The van der Waals surface area contributed by atoms with Gasteiger partial charge in [0, 0.05) is 24.2 Å². The highest BCUT2D eigenvalue weighted by Crippen LogP contribution is 2.51. The van der Waals surface area contributed by atoms with Crippen molar-refractivity contribution in [2.75, 3.05) is 19.0 Å². The number of carbonyl (C=O) groups is 1. The number of benzene rings is 3. The molecule has 1 aliphatic rings. The Kier molecular flexibility index (Phi) is 6.84. The number of phenolic OH excluding ortho intramolecular Hbond substituents is 2. The van der Waals surface area contributed by atoms with Gasteiger partial charge in [-0.05, 0) is 35.4 Å². The third-order valence-electron chi connectivity index (χ3n) is 6.18. The Labute approximate surface area is 215 Å². The molecule has 3 aromatic rings. The second kappa shape index (κ2) is 9.61. The lowest BCUT2D eigenvalue weighted by molar-refractivity contribution is -0.257. The molecular weight excluding hydrogens is 508 g/mol. The first-order valence-corrected chi connectivity index (χ1v) is 11.4. The number of rotatable bonds is 8. The van der Waals surface area contributed by atoms with E-state index in [0.717, 1.165) is 0 Å². The molecule has 1 fully saturated rings. The van der Waals surface area contributed by atoms with Crippen molar-refractivity contribution in [3.8, 4) is 34.1 Å². The molecule has 0 bridgehead atoms. The van der Waals surface area contributed by atoms with Crippen LogP contribution in [-0.4, -0.2) is 66.8 Å². The van der Waals surface area contributed by atoms with Crippen LogP contribution in [0.5, 0.6) is 23.0 Å². The summed E-state index contributed by atoms with van der Waals surface area (Å²) in [6, 6.07) is 12.8. The molecule has 12 heteroatoms. The van der Waals surface area contributed by atoms with E-state index >= 15 is 0 Å². The number of anilines is 1. The highest BCUT2D eigenvalue weighted by molar-refractivity contribution is 6.30. The van der Waals surface area contributed by atoms with Crippen molar-refractivity contribution < 1.29 is 45.3 Å². The van der Waals surface area contributed by atoms with E-state index in [1.165, 1.54) is 25.3 Å². The summed E-state index contributed by atoms with van der Waals surface area (Å²) in [6.07, 6.45) is -0.918. The van der Waals surface area contributed by atoms with Gasteiger partial charge in [0.2, 0.25) is 5.75 Å². The minimum absolute atomic E-state index is 0.0795. The number of halogens is 1. The summed E-state index contributed by atoms with van der Waals surface area (Å²) in [6.45, 7) is -0.0795. The molecule has 9 N–H and O–H groups in total. The SMILES string of the molecule is COC(c1cccc(Cl)c1)C1(O)CC(O)(CNc2cccc(-c3c(O)c(O)c(O)c(C(=O)O)c3O)c2)N1. The van der Waals surface area contributed by atoms with Gasteiger partial charge in [0.1, 0.15) is 23.1 Å². The molecule has 1 saturated heterocycles. The van der Waals surface area contributed by atoms with Crippen molar-refractivity contribution in [2.45, 2.75) is 24.0 Å². The maximum atomic E-state index is 11.4. The van der Waals surface area contributed by atoms with Crippen LogP contribution in [0, 0.1) is 0 Å². The Morgan fingerprint density at radius 3 is 2.35 bits per heavy atom. The summed E-state index contributed by atoms with van der Waals surface area (Å²) < 4.78 is 5.46. The van der Waals surface area contributed by atoms with Gasteiger partial charge < -0.3 is 45.8 Å². The molecule has 37 heavy (non-hydrogen) atoms. The Hall–Kier alpha value is -3.74. The van der Waals surface area contributed by atoms with Crippen molar-refractivity contribution in [3.63, 3.8) is 0 Å². The molecule has 3 unspecified atom stereocenters. The number of ether oxygens (including phenoxy) is 1. The van der Waals surface area contributed by atoms with Gasteiger partial charge in [0.25, 0.3) is 0 Å². The molecule has 11 nitrogen and oxygen atoms in total.